The van der Waals surface area contributed by atoms with Crippen LogP contribution in [0.4, 0.5) is 0 Å². The van der Waals surface area contributed by atoms with Gasteiger partial charge in [0.2, 0.25) is 0 Å². The summed E-state index contributed by atoms with van der Waals surface area (Å²) < 4.78 is 13.7. The van der Waals surface area contributed by atoms with Crippen molar-refractivity contribution in [3.05, 3.63) is 235 Å². The van der Waals surface area contributed by atoms with Crippen molar-refractivity contribution < 1.29 is 9.31 Å². The number of rotatable bonds is 2. The van der Waals surface area contributed by atoms with Crippen LogP contribution in [-0.4, -0.2) is 28.3 Å². The van der Waals surface area contributed by atoms with Crippen molar-refractivity contribution in [3.8, 4) is 100 Å². The van der Waals surface area contributed by atoms with Gasteiger partial charge in [0, 0.05) is 18.0 Å². The van der Waals surface area contributed by atoms with Gasteiger partial charge in [0.25, 0.3) is 0 Å². The molecule has 3 heterocycles. The van der Waals surface area contributed by atoms with Gasteiger partial charge in [-0.25, -0.2) is 4.98 Å². The van der Waals surface area contributed by atoms with Gasteiger partial charge in [-0.3, -0.25) is 4.98 Å². The van der Waals surface area contributed by atoms with Crippen LogP contribution in [0.15, 0.2) is 235 Å². The summed E-state index contributed by atoms with van der Waals surface area (Å²) in [7, 11) is -0.388. The molecule has 1 aliphatic heterocycles. The van der Waals surface area contributed by atoms with Crippen LogP contribution in [0.5, 0.6) is 0 Å². The van der Waals surface area contributed by atoms with Crippen LogP contribution in [0, 0.1) is 0 Å². The Balaban J connectivity index is 0.000000134. The van der Waals surface area contributed by atoms with Gasteiger partial charge >= 0.3 is 7.12 Å². The summed E-state index contributed by atoms with van der Waals surface area (Å²) in [6, 6.07) is 77.5. The average Bonchev–Trinajstić information content (AvgIpc) is 3.63. The lowest BCUT2D eigenvalue weighted by Crippen LogP contribution is -2.41. The second-order valence-electron chi connectivity index (χ2n) is 18.8. The lowest BCUT2D eigenvalue weighted by Gasteiger charge is -2.32. The van der Waals surface area contributed by atoms with E-state index < -0.39 is 0 Å². The Morgan fingerprint density at radius 1 is 0.329 bits per heavy atom. The third kappa shape index (κ3) is 8.43. The maximum absolute atomic E-state index is 6.39. The highest BCUT2D eigenvalue weighted by Gasteiger charge is 2.51. The Kier molecular flexibility index (Phi) is 12.1. The van der Waals surface area contributed by atoms with E-state index >= 15 is 0 Å². The number of hydrogen-bond donors (Lipinski definition) is 0. The molecule has 3 aliphatic rings. The first-order chi connectivity index (χ1) is 34.1. The number of pyridine rings is 2. The second-order valence-corrected chi connectivity index (χ2v) is 19.6. The minimum atomic E-state index is -0.388. The molecule has 6 heteroatoms. The fraction of sp³-hybridized carbons (Fsp3) is 0.0938. The van der Waals surface area contributed by atoms with Crippen molar-refractivity contribution in [1.82, 2.24) is 9.97 Å². The van der Waals surface area contributed by atoms with Crippen LogP contribution < -0.4 is 5.46 Å². The van der Waals surface area contributed by atoms with E-state index in [1.165, 1.54) is 89.0 Å². The number of hydrogen-bond acceptors (Lipinski definition) is 4. The van der Waals surface area contributed by atoms with Gasteiger partial charge in [-0.2, -0.15) is 0 Å². The van der Waals surface area contributed by atoms with Crippen LogP contribution in [0.1, 0.15) is 27.7 Å². The molecule has 0 N–H and O–H groups in total. The fourth-order valence-electron chi connectivity index (χ4n) is 9.90. The molecule has 4 nitrogen and oxygen atoms in total. The highest BCUT2D eigenvalue weighted by molar-refractivity contribution is 9.10. The Bertz CT molecular complexity index is 3510. The SMILES string of the molecule is Brc1ccccn1.CC1(C)OB(c2ccc3c(c2)-c2ccccc2-c2ccccc2-c2ccccc2-3)OC1(C)C.c1ccc(-c2ccc3c(c2)-c2ccccc2-c2ccccc2-c2ccccc2-3)nc1. The van der Waals surface area contributed by atoms with Gasteiger partial charge in [-0.1, -0.05) is 188 Å². The zero-order valence-electron chi connectivity index (χ0n) is 39.6. The lowest BCUT2D eigenvalue weighted by atomic mass is 9.74. The van der Waals surface area contributed by atoms with E-state index in [1.54, 1.807) is 6.20 Å². The molecule has 0 unspecified atom stereocenters. The molecule has 0 bridgehead atoms. The normalized spacial score (nSPS) is 13.9. The summed E-state index contributed by atoms with van der Waals surface area (Å²) in [6.07, 6.45) is 3.59. The van der Waals surface area contributed by atoms with Crippen LogP contribution in [0.3, 0.4) is 0 Å². The molecule has 1 fully saturated rings. The van der Waals surface area contributed by atoms with Gasteiger partial charge in [0.1, 0.15) is 4.60 Å². The molecule has 0 atom stereocenters. The molecular weight excluding hydrogens is 919 g/mol. The van der Waals surface area contributed by atoms with E-state index in [0.717, 1.165) is 21.3 Å². The molecular formula is C64H50BBrN2O2. The molecule has 338 valence electrons. The summed E-state index contributed by atoms with van der Waals surface area (Å²) in [6.45, 7) is 8.40. The van der Waals surface area contributed by atoms with Crippen molar-refractivity contribution in [2.24, 2.45) is 0 Å². The smallest absolute Gasteiger partial charge is 0.399 e. The van der Waals surface area contributed by atoms with E-state index in [0.29, 0.717) is 0 Å². The highest BCUT2D eigenvalue weighted by Crippen LogP contribution is 2.50. The summed E-state index contributed by atoms with van der Waals surface area (Å²) in [5, 5.41) is 0. The molecule has 1 saturated heterocycles. The second kappa shape index (κ2) is 18.8. The van der Waals surface area contributed by atoms with Crippen LogP contribution in [-0.2, 0) is 9.31 Å². The molecule has 8 aromatic carbocycles. The average molecular weight is 970 g/mol. The van der Waals surface area contributed by atoms with Gasteiger partial charge in [0.15, 0.2) is 0 Å². The first-order valence-corrected chi connectivity index (χ1v) is 24.6. The number of nitrogens with zero attached hydrogens (tertiary/aromatic N) is 2. The molecule has 70 heavy (non-hydrogen) atoms. The van der Waals surface area contributed by atoms with Crippen molar-refractivity contribution >= 4 is 28.5 Å². The van der Waals surface area contributed by atoms with Crippen molar-refractivity contribution in [2.45, 2.75) is 38.9 Å². The Hall–Kier alpha value is -7.48. The predicted octanol–water partition coefficient (Wildman–Crippen LogP) is 16.5. The van der Waals surface area contributed by atoms with Gasteiger partial charge in [0.05, 0.1) is 16.9 Å². The molecule has 0 saturated carbocycles. The molecule has 13 rings (SSSR count). The van der Waals surface area contributed by atoms with E-state index in [-0.39, 0.29) is 18.3 Å². The standard InChI is InChI=1S/C30H27BO2.C29H19N.C5H4BrN/c1-29(2)30(3,4)33-31(32-29)20-17-18-27-25-15-8-7-13-23(25)21-11-5-6-12-22(21)24-14-9-10-16-26(24)28(27)19-20;1-2-10-22-21(9-1)23-11-3-4-13-25(23)27-17-16-20(29-15-7-8-18-30-29)19-28(27)26-14-6-5-12-24(22)26;6-5-3-1-2-4-7-5/h5-19H,1-4H3;1-19H;1-4H. The van der Waals surface area contributed by atoms with Gasteiger partial charge in [-0.05, 0) is 168 Å². The van der Waals surface area contributed by atoms with Gasteiger partial charge < -0.3 is 9.31 Å². The molecule has 0 amide bonds. The predicted molar refractivity (Wildman–Crippen MR) is 294 cm³/mol. The Morgan fingerprint density at radius 3 is 0.971 bits per heavy atom. The molecule has 2 aromatic heterocycles. The first kappa shape index (κ1) is 45.0. The largest absolute Gasteiger partial charge is 0.494 e. The highest BCUT2D eigenvalue weighted by atomic mass is 79.9. The van der Waals surface area contributed by atoms with E-state index in [4.69, 9.17) is 9.31 Å². The van der Waals surface area contributed by atoms with Crippen molar-refractivity contribution in [2.75, 3.05) is 0 Å². The number of benzene rings is 8. The van der Waals surface area contributed by atoms with Crippen LogP contribution in [0.2, 0.25) is 0 Å². The minimum Gasteiger partial charge on any atom is -0.399 e. The zero-order valence-corrected chi connectivity index (χ0v) is 41.2. The maximum Gasteiger partial charge on any atom is 0.494 e. The van der Waals surface area contributed by atoms with Crippen LogP contribution in [0.25, 0.3) is 100 Å². The Morgan fingerprint density at radius 2 is 0.643 bits per heavy atom. The molecule has 2 aliphatic carbocycles. The summed E-state index contributed by atoms with van der Waals surface area (Å²) in [5.41, 5.74) is 22.5. The summed E-state index contributed by atoms with van der Waals surface area (Å²) in [4.78, 5) is 8.47. The van der Waals surface area contributed by atoms with E-state index in [1.807, 2.05) is 36.5 Å². The van der Waals surface area contributed by atoms with Gasteiger partial charge in [-0.15, -0.1) is 0 Å². The minimum absolute atomic E-state index is 0.370. The Labute approximate surface area is 420 Å². The third-order valence-electron chi connectivity index (χ3n) is 14.1. The molecule has 10 aromatic rings. The third-order valence-corrected chi connectivity index (χ3v) is 14.5. The molecule has 0 radical (unpaired) electrons. The first-order valence-electron chi connectivity index (χ1n) is 23.8. The van der Waals surface area contributed by atoms with E-state index in [2.05, 4.69) is 242 Å². The zero-order chi connectivity index (χ0) is 47.8. The monoisotopic (exact) mass is 968 g/mol. The summed E-state index contributed by atoms with van der Waals surface area (Å²) in [5.74, 6) is 0. The van der Waals surface area contributed by atoms with Crippen molar-refractivity contribution in [3.63, 3.8) is 0 Å². The topological polar surface area (TPSA) is 44.2 Å². The molecule has 0 spiro atoms. The lowest BCUT2D eigenvalue weighted by molar-refractivity contribution is 0.00578. The fourth-order valence-corrected chi connectivity index (χ4v) is 10.2. The van der Waals surface area contributed by atoms with E-state index in [9.17, 15) is 0 Å². The quantitative estimate of drug-likeness (QED) is 0.128. The maximum atomic E-state index is 6.39. The van der Waals surface area contributed by atoms with Crippen LogP contribution >= 0.6 is 15.9 Å². The number of halogens is 1. The van der Waals surface area contributed by atoms with Crippen molar-refractivity contribution in [1.29, 1.82) is 0 Å². The number of fused-ring (bicyclic) bond motifs is 16. The number of aromatic nitrogens is 2. The summed E-state index contributed by atoms with van der Waals surface area (Å²) >= 11 is 3.20.